The predicted molar refractivity (Wildman–Crippen MR) is 166 cm³/mol. The fraction of sp³-hybridized carbons (Fsp3) is 0.794. The molecule has 2 heterocycles. The van der Waals surface area contributed by atoms with Gasteiger partial charge in [-0.15, -0.1) is 0 Å². The highest BCUT2D eigenvalue weighted by molar-refractivity contribution is 5.80. The van der Waals surface area contributed by atoms with E-state index in [1.54, 1.807) is 89.3 Å². The van der Waals surface area contributed by atoms with E-state index >= 15 is 0 Å². The molecule has 6 atom stereocenters. The number of allylic oxidation sites excluding steroid dienone is 1. The maximum Gasteiger partial charge on any atom is 0.311 e. The van der Waals surface area contributed by atoms with E-state index in [0.717, 1.165) is 12.8 Å². The second kappa shape index (κ2) is 14.2. The molecule has 0 aromatic rings. The smallest absolute Gasteiger partial charge is 0.311 e. The van der Waals surface area contributed by atoms with Crippen LogP contribution in [0.2, 0.25) is 0 Å². The van der Waals surface area contributed by atoms with Crippen LogP contribution >= 0.6 is 0 Å². The van der Waals surface area contributed by atoms with E-state index in [0.29, 0.717) is 0 Å². The van der Waals surface area contributed by atoms with Crippen molar-refractivity contribution in [3.05, 3.63) is 12.3 Å². The fourth-order valence-corrected chi connectivity index (χ4v) is 4.42. The van der Waals surface area contributed by atoms with Crippen LogP contribution in [-0.4, -0.2) is 71.9 Å². The van der Waals surface area contributed by atoms with Crippen molar-refractivity contribution in [3.63, 3.8) is 0 Å². The zero-order valence-corrected chi connectivity index (χ0v) is 29.5. The molecule has 1 saturated heterocycles. The number of amides is 1. The molecule has 0 aliphatic carbocycles. The number of nitrogens with zero attached hydrogens (tertiary/aromatic N) is 1. The van der Waals surface area contributed by atoms with Crippen LogP contribution in [0.25, 0.3) is 0 Å². The van der Waals surface area contributed by atoms with Crippen LogP contribution in [0.5, 0.6) is 0 Å². The number of ether oxygens (including phenoxy) is 5. The van der Waals surface area contributed by atoms with E-state index in [1.807, 2.05) is 13.0 Å². The molecule has 2 aliphatic rings. The van der Waals surface area contributed by atoms with Crippen LogP contribution in [0.3, 0.4) is 0 Å². The molecule has 1 fully saturated rings. The summed E-state index contributed by atoms with van der Waals surface area (Å²) >= 11 is 0. The number of hydrogen-bond acceptors (Lipinski definition) is 10. The Morgan fingerprint density at radius 3 is 1.60 bits per heavy atom. The molecule has 256 valence electrons. The Hall–Kier alpha value is -2.95. The van der Waals surface area contributed by atoms with Gasteiger partial charge >= 0.3 is 23.9 Å². The maximum atomic E-state index is 13.6. The number of carbonyl (C=O) groups is 5. The third-order valence-corrected chi connectivity index (χ3v) is 7.34. The number of hydrogen-bond donors (Lipinski definition) is 0. The Kier molecular flexibility index (Phi) is 12.1. The summed E-state index contributed by atoms with van der Waals surface area (Å²) in [5.41, 5.74) is -3.80. The molecule has 0 aromatic heterocycles. The maximum absolute atomic E-state index is 13.6. The minimum atomic E-state index is -1.42. The van der Waals surface area contributed by atoms with Crippen LogP contribution in [0.4, 0.5) is 0 Å². The predicted octanol–water partition coefficient (Wildman–Crippen LogP) is 5.34. The molecule has 2 aliphatic heterocycles. The van der Waals surface area contributed by atoms with Crippen LogP contribution < -0.4 is 0 Å². The topological polar surface area (TPSA) is 135 Å². The molecule has 2 rings (SSSR count). The average molecular weight is 638 g/mol. The van der Waals surface area contributed by atoms with Crippen molar-refractivity contribution >= 4 is 29.8 Å². The molecule has 0 spiro atoms. The Morgan fingerprint density at radius 1 is 0.733 bits per heavy atom. The number of carbonyl (C=O) groups excluding carboxylic acids is 5. The van der Waals surface area contributed by atoms with Crippen LogP contribution in [0.1, 0.15) is 109 Å². The van der Waals surface area contributed by atoms with Gasteiger partial charge < -0.3 is 23.7 Å². The van der Waals surface area contributed by atoms with Gasteiger partial charge in [0, 0.05) is 12.6 Å². The summed E-state index contributed by atoms with van der Waals surface area (Å²) in [6, 6.07) is 0. The van der Waals surface area contributed by atoms with Crippen LogP contribution in [-0.2, 0) is 47.7 Å². The van der Waals surface area contributed by atoms with Gasteiger partial charge in [-0.1, -0.05) is 19.4 Å². The van der Waals surface area contributed by atoms with Crippen LogP contribution in [0, 0.1) is 27.6 Å². The highest BCUT2D eigenvalue weighted by Gasteiger charge is 2.56. The quantitative estimate of drug-likeness (QED) is 0.254. The van der Waals surface area contributed by atoms with Gasteiger partial charge in [0.05, 0.1) is 21.7 Å². The van der Waals surface area contributed by atoms with Gasteiger partial charge in [-0.2, -0.15) is 0 Å². The van der Waals surface area contributed by atoms with Crippen molar-refractivity contribution in [1.82, 2.24) is 4.90 Å². The Morgan fingerprint density at radius 2 is 1.18 bits per heavy atom. The van der Waals surface area contributed by atoms with Crippen molar-refractivity contribution in [2.75, 3.05) is 6.61 Å². The molecule has 0 bridgehead atoms. The Balaban J connectivity index is 2.76. The largest absolute Gasteiger partial charge is 0.462 e. The third-order valence-electron chi connectivity index (χ3n) is 7.34. The van der Waals surface area contributed by atoms with Gasteiger partial charge in [0.1, 0.15) is 12.7 Å². The molecule has 11 heteroatoms. The molecule has 0 aromatic carbocycles. The first kappa shape index (κ1) is 38.2. The molecule has 11 nitrogen and oxygen atoms in total. The molecule has 0 radical (unpaired) electrons. The lowest BCUT2D eigenvalue weighted by Gasteiger charge is -2.48. The summed E-state index contributed by atoms with van der Waals surface area (Å²) in [6.45, 7) is 21.7. The molecular weight excluding hydrogens is 582 g/mol. The van der Waals surface area contributed by atoms with E-state index in [9.17, 15) is 24.0 Å². The average Bonchev–Trinajstić information content (AvgIpc) is 2.87. The number of rotatable bonds is 8. The van der Waals surface area contributed by atoms with Gasteiger partial charge in [0.2, 0.25) is 5.91 Å². The second-order valence-corrected chi connectivity index (χ2v) is 16.2. The summed E-state index contributed by atoms with van der Waals surface area (Å²) in [5.74, 6) is -2.74. The molecule has 0 N–H and O–H groups in total. The summed E-state index contributed by atoms with van der Waals surface area (Å²) in [7, 11) is 0. The molecule has 1 amide bonds. The first-order valence-electron chi connectivity index (χ1n) is 15.8. The van der Waals surface area contributed by atoms with E-state index in [4.69, 9.17) is 23.7 Å². The van der Waals surface area contributed by atoms with Crippen molar-refractivity contribution < 1.29 is 47.7 Å². The normalized spacial score (nSPS) is 26.2. The van der Waals surface area contributed by atoms with Gasteiger partial charge in [-0.05, 0) is 95.4 Å². The minimum absolute atomic E-state index is 0.0245. The minimum Gasteiger partial charge on any atom is -0.462 e. The van der Waals surface area contributed by atoms with Gasteiger partial charge in [0.25, 0.3) is 0 Å². The lowest BCUT2D eigenvalue weighted by atomic mass is 9.91. The zero-order chi connectivity index (χ0) is 34.7. The van der Waals surface area contributed by atoms with E-state index in [1.165, 1.54) is 4.90 Å². The summed E-state index contributed by atoms with van der Waals surface area (Å²) in [4.78, 5) is 67.8. The van der Waals surface area contributed by atoms with Gasteiger partial charge in [-0.3, -0.25) is 28.9 Å². The van der Waals surface area contributed by atoms with Crippen molar-refractivity contribution in [1.29, 1.82) is 0 Å². The molecular formula is C34H55NO10. The Labute approximate surface area is 268 Å². The van der Waals surface area contributed by atoms with Crippen molar-refractivity contribution in [2.45, 2.75) is 140 Å². The zero-order valence-electron chi connectivity index (χ0n) is 29.5. The van der Waals surface area contributed by atoms with Crippen molar-refractivity contribution in [2.24, 2.45) is 27.6 Å². The first-order valence-corrected chi connectivity index (χ1v) is 15.8. The summed E-state index contributed by atoms with van der Waals surface area (Å²) in [5, 5.41) is 0. The van der Waals surface area contributed by atoms with E-state index in [2.05, 4.69) is 0 Å². The van der Waals surface area contributed by atoms with Crippen LogP contribution in [0.15, 0.2) is 12.3 Å². The van der Waals surface area contributed by atoms with Gasteiger partial charge in [0.15, 0.2) is 24.5 Å². The third kappa shape index (κ3) is 10.3. The SMILES string of the molecule is CCC[C@H]1C=CN([C@@H]2O[C@H](COC(=O)C(C)(C)C)[C@H](OC(=O)C(C)(C)C)[C@H](OC(=O)C(C)(C)C)[C@H]2OC(=O)C(C)(C)C)C(=O)C1. The van der Waals surface area contributed by atoms with E-state index in [-0.39, 0.29) is 24.9 Å². The highest BCUT2D eigenvalue weighted by Crippen LogP contribution is 2.36. The first-order chi connectivity index (χ1) is 20.4. The van der Waals surface area contributed by atoms with Gasteiger partial charge in [-0.25, -0.2) is 0 Å². The monoisotopic (exact) mass is 637 g/mol. The molecule has 0 saturated carbocycles. The summed E-state index contributed by atoms with van der Waals surface area (Å²) in [6.07, 6.45) is -1.26. The van der Waals surface area contributed by atoms with E-state index < -0.39 is 76.2 Å². The second-order valence-electron chi connectivity index (χ2n) is 16.2. The Bertz CT molecular complexity index is 1130. The molecule has 0 unspecified atom stereocenters. The lowest BCUT2D eigenvalue weighted by Crippen LogP contribution is -2.67. The standard InChI is InChI=1S/C34H55NO10/c1-14-15-20-16-17-35(22(36)18-20)26-25(45-30(40)34(11,12)13)24(44-29(39)33(8,9)10)23(43-28(38)32(5,6)7)21(42-26)19-41-27(37)31(2,3)4/h16-17,20-21,23-26H,14-15,18-19H2,1-13H3/t20-,21+,23-,24-,25+,26+/m0/s1. The lowest BCUT2D eigenvalue weighted by molar-refractivity contribution is -0.278. The fourth-order valence-electron chi connectivity index (χ4n) is 4.42. The number of esters is 4. The van der Waals surface area contributed by atoms with Crippen molar-refractivity contribution in [3.8, 4) is 0 Å². The summed E-state index contributed by atoms with van der Waals surface area (Å²) < 4.78 is 30.1. The highest BCUT2D eigenvalue weighted by atomic mass is 16.7. The molecule has 45 heavy (non-hydrogen) atoms.